The number of hydrogen-bond donors (Lipinski definition) is 2. The third-order valence-corrected chi connectivity index (χ3v) is 5.11. The fraction of sp³-hybridized carbons (Fsp3) is 0.200. The smallest absolute Gasteiger partial charge is 0.206 e. The van der Waals surface area contributed by atoms with Crippen molar-refractivity contribution in [1.82, 2.24) is 4.98 Å². The number of anilines is 3. The van der Waals surface area contributed by atoms with Crippen molar-refractivity contribution < 1.29 is 14.3 Å². The Labute approximate surface area is 162 Å². The molecule has 0 radical (unpaired) electrons. The summed E-state index contributed by atoms with van der Waals surface area (Å²) < 4.78 is 10.5. The van der Waals surface area contributed by atoms with Crippen LogP contribution in [-0.2, 0) is 0 Å². The number of nitrogens with one attached hydrogen (secondary N) is 1. The number of benzene rings is 2. The number of rotatable bonds is 6. The van der Waals surface area contributed by atoms with Crippen molar-refractivity contribution in [3.8, 4) is 11.5 Å². The largest absolute Gasteiger partial charge is 0.493 e. The zero-order chi connectivity index (χ0) is 19.6. The number of ketones is 1. The quantitative estimate of drug-likeness (QED) is 0.616. The molecule has 0 spiro atoms. The summed E-state index contributed by atoms with van der Waals surface area (Å²) >= 11 is 1.22. The monoisotopic (exact) mass is 383 g/mol. The van der Waals surface area contributed by atoms with E-state index in [1.807, 2.05) is 26.0 Å². The molecule has 6 nitrogen and oxygen atoms in total. The van der Waals surface area contributed by atoms with Crippen molar-refractivity contribution in [2.24, 2.45) is 0 Å². The lowest BCUT2D eigenvalue weighted by molar-refractivity contribution is 0.104. The molecule has 0 atom stereocenters. The lowest BCUT2D eigenvalue weighted by atomic mass is 10.1. The number of carbonyl (C=O) groups excluding carboxylic acids is 1. The van der Waals surface area contributed by atoms with Gasteiger partial charge >= 0.3 is 0 Å². The Morgan fingerprint density at radius 2 is 1.81 bits per heavy atom. The van der Waals surface area contributed by atoms with Crippen LogP contribution in [0.2, 0.25) is 0 Å². The Morgan fingerprint density at radius 1 is 1.07 bits per heavy atom. The van der Waals surface area contributed by atoms with Gasteiger partial charge in [0.15, 0.2) is 16.6 Å². The van der Waals surface area contributed by atoms with E-state index in [2.05, 4.69) is 16.4 Å². The Balaban J connectivity index is 1.88. The Bertz CT molecular complexity index is 998. The predicted octanol–water partition coefficient (Wildman–Crippen LogP) is 4.33. The van der Waals surface area contributed by atoms with E-state index in [0.717, 1.165) is 11.3 Å². The molecule has 1 heterocycles. The number of thiazole rings is 1. The van der Waals surface area contributed by atoms with Gasteiger partial charge in [-0.05, 0) is 43.7 Å². The van der Waals surface area contributed by atoms with Gasteiger partial charge in [-0.25, -0.2) is 4.98 Å². The molecule has 3 aromatic rings. The van der Waals surface area contributed by atoms with E-state index in [0.29, 0.717) is 27.1 Å². The molecule has 0 saturated carbocycles. The maximum Gasteiger partial charge on any atom is 0.206 e. The molecule has 0 amide bonds. The number of methoxy groups -OCH3 is 2. The van der Waals surface area contributed by atoms with Gasteiger partial charge in [-0.1, -0.05) is 29.0 Å². The van der Waals surface area contributed by atoms with E-state index in [9.17, 15) is 4.79 Å². The third kappa shape index (κ3) is 3.88. The molecule has 7 heteroatoms. The summed E-state index contributed by atoms with van der Waals surface area (Å²) in [5, 5.41) is 3.81. The zero-order valence-electron chi connectivity index (χ0n) is 15.6. The van der Waals surface area contributed by atoms with Crippen LogP contribution in [0.3, 0.4) is 0 Å². The van der Waals surface area contributed by atoms with Crippen LogP contribution in [0.25, 0.3) is 0 Å². The van der Waals surface area contributed by atoms with Gasteiger partial charge in [-0.2, -0.15) is 0 Å². The van der Waals surface area contributed by atoms with Crippen molar-refractivity contribution in [3.63, 3.8) is 0 Å². The van der Waals surface area contributed by atoms with Crippen molar-refractivity contribution in [3.05, 3.63) is 58.0 Å². The molecule has 1 aromatic heterocycles. The number of carbonyl (C=O) groups is 1. The summed E-state index contributed by atoms with van der Waals surface area (Å²) in [4.78, 5) is 17.6. The Hall–Kier alpha value is -3.06. The van der Waals surface area contributed by atoms with Crippen molar-refractivity contribution in [2.75, 3.05) is 25.3 Å². The van der Waals surface area contributed by atoms with E-state index in [-0.39, 0.29) is 11.6 Å². The second kappa shape index (κ2) is 7.67. The molecule has 0 bridgehead atoms. The molecule has 0 unspecified atom stereocenters. The van der Waals surface area contributed by atoms with Gasteiger partial charge < -0.3 is 20.5 Å². The van der Waals surface area contributed by atoms with Crippen LogP contribution in [0, 0.1) is 13.8 Å². The van der Waals surface area contributed by atoms with Gasteiger partial charge in [-0.15, -0.1) is 0 Å². The fourth-order valence-electron chi connectivity index (χ4n) is 2.73. The number of nitrogen functional groups attached to an aromatic ring is 1. The number of hydrogen-bond acceptors (Lipinski definition) is 7. The molecule has 3 rings (SSSR count). The Kier molecular flexibility index (Phi) is 5.32. The highest BCUT2D eigenvalue weighted by atomic mass is 32.1. The van der Waals surface area contributed by atoms with Crippen molar-refractivity contribution in [2.45, 2.75) is 13.8 Å². The first-order chi connectivity index (χ1) is 12.9. The number of aryl methyl sites for hydroxylation is 2. The van der Waals surface area contributed by atoms with Gasteiger partial charge in [-0.3, -0.25) is 4.79 Å². The van der Waals surface area contributed by atoms with Crippen LogP contribution >= 0.6 is 11.3 Å². The molecule has 0 aliphatic rings. The summed E-state index contributed by atoms with van der Waals surface area (Å²) in [5.74, 6) is 1.04. The molecular weight excluding hydrogens is 362 g/mol. The summed E-state index contributed by atoms with van der Waals surface area (Å²) in [6.45, 7) is 4.06. The van der Waals surface area contributed by atoms with E-state index in [1.165, 1.54) is 24.0 Å². The Morgan fingerprint density at radius 3 is 2.48 bits per heavy atom. The molecule has 27 heavy (non-hydrogen) atoms. The van der Waals surface area contributed by atoms with Crippen LogP contribution in [0.4, 0.5) is 16.6 Å². The molecule has 0 aliphatic heterocycles. The first-order valence-corrected chi connectivity index (χ1v) is 9.12. The average molecular weight is 383 g/mol. The highest BCUT2D eigenvalue weighted by molar-refractivity contribution is 7.18. The van der Waals surface area contributed by atoms with Crippen LogP contribution in [-0.4, -0.2) is 25.0 Å². The maximum atomic E-state index is 12.9. The minimum Gasteiger partial charge on any atom is -0.493 e. The van der Waals surface area contributed by atoms with Crippen LogP contribution in [0.5, 0.6) is 11.5 Å². The van der Waals surface area contributed by atoms with Gasteiger partial charge in [0.25, 0.3) is 0 Å². The van der Waals surface area contributed by atoms with Gasteiger partial charge in [0.1, 0.15) is 10.7 Å². The predicted molar refractivity (Wildman–Crippen MR) is 109 cm³/mol. The van der Waals surface area contributed by atoms with Gasteiger partial charge in [0, 0.05) is 11.3 Å². The SMILES string of the molecule is COc1ccc(C(=O)c2sc(Nc3ccc(C)cc3C)nc2N)cc1OC. The molecule has 0 fully saturated rings. The first-order valence-electron chi connectivity index (χ1n) is 8.30. The first kappa shape index (κ1) is 18.7. The highest BCUT2D eigenvalue weighted by Gasteiger charge is 2.20. The van der Waals surface area contributed by atoms with E-state index >= 15 is 0 Å². The number of nitrogens with zero attached hydrogens (tertiary/aromatic N) is 1. The summed E-state index contributed by atoms with van der Waals surface area (Å²) in [6.07, 6.45) is 0. The second-order valence-electron chi connectivity index (χ2n) is 6.08. The molecule has 140 valence electrons. The summed E-state index contributed by atoms with van der Waals surface area (Å²) in [7, 11) is 3.07. The van der Waals surface area contributed by atoms with Crippen LogP contribution in [0.1, 0.15) is 26.4 Å². The van der Waals surface area contributed by atoms with Crippen LogP contribution in [0.15, 0.2) is 36.4 Å². The lowest BCUT2D eigenvalue weighted by Gasteiger charge is -2.08. The molecule has 0 saturated heterocycles. The number of ether oxygens (including phenoxy) is 2. The van der Waals surface area contributed by atoms with Crippen molar-refractivity contribution in [1.29, 1.82) is 0 Å². The second-order valence-corrected chi connectivity index (χ2v) is 7.07. The molecule has 2 aromatic carbocycles. The van der Waals surface area contributed by atoms with E-state index in [4.69, 9.17) is 15.2 Å². The van der Waals surface area contributed by atoms with Gasteiger partial charge in [0.05, 0.1) is 14.2 Å². The molecule has 3 N–H and O–H groups in total. The maximum absolute atomic E-state index is 12.9. The number of aromatic nitrogens is 1. The third-order valence-electron chi connectivity index (χ3n) is 4.13. The fourth-order valence-corrected chi connectivity index (χ4v) is 3.58. The lowest BCUT2D eigenvalue weighted by Crippen LogP contribution is -2.03. The zero-order valence-corrected chi connectivity index (χ0v) is 16.4. The van der Waals surface area contributed by atoms with E-state index < -0.39 is 0 Å². The topological polar surface area (TPSA) is 86.5 Å². The van der Waals surface area contributed by atoms with E-state index in [1.54, 1.807) is 25.3 Å². The van der Waals surface area contributed by atoms with Crippen molar-refractivity contribution >= 4 is 33.8 Å². The summed E-state index contributed by atoms with van der Waals surface area (Å²) in [6, 6.07) is 11.1. The van der Waals surface area contributed by atoms with Crippen LogP contribution < -0.4 is 20.5 Å². The molecular formula is C20H21N3O3S. The normalized spacial score (nSPS) is 10.5. The minimum absolute atomic E-state index is 0.201. The number of nitrogens with two attached hydrogens (primary N) is 1. The average Bonchev–Trinajstić information content (AvgIpc) is 3.03. The van der Waals surface area contributed by atoms with Gasteiger partial charge in [0.2, 0.25) is 5.78 Å². The highest BCUT2D eigenvalue weighted by Crippen LogP contribution is 2.33. The minimum atomic E-state index is -0.209. The summed E-state index contributed by atoms with van der Waals surface area (Å²) in [5.41, 5.74) is 9.67. The standard InChI is InChI=1S/C20H21N3O3S/c1-11-5-7-14(12(2)9-11)22-20-23-19(21)18(27-20)17(24)13-6-8-15(25-3)16(10-13)26-4/h5-10H,21H2,1-4H3,(H,22,23). The molecule has 0 aliphatic carbocycles.